The van der Waals surface area contributed by atoms with Gasteiger partial charge in [-0.1, -0.05) is 11.6 Å². The van der Waals surface area contributed by atoms with Crippen molar-refractivity contribution in [1.82, 2.24) is 5.32 Å². The van der Waals surface area contributed by atoms with Crippen LogP contribution < -0.4 is 5.32 Å². The smallest absolute Gasteiger partial charge is 0.234 e. The molecule has 11 heavy (non-hydrogen) atoms. The van der Waals surface area contributed by atoms with Crippen molar-refractivity contribution in [3.8, 4) is 0 Å². The molecular formula is C8H11NO2. The molecule has 2 rings (SSSR count). The van der Waals surface area contributed by atoms with Crippen LogP contribution in [0, 0.1) is 5.41 Å². The highest BCUT2D eigenvalue weighted by Gasteiger charge is 2.50. The van der Waals surface area contributed by atoms with Crippen molar-refractivity contribution in [2.45, 2.75) is 19.4 Å². The van der Waals surface area contributed by atoms with Gasteiger partial charge in [0.2, 0.25) is 5.91 Å². The lowest BCUT2D eigenvalue weighted by Crippen LogP contribution is -2.46. The molecule has 1 amide bonds. The minimum atomic E-state index is -0.286. The normalized spacial score (nSPS) is 40.7. The summed E-state index contributed by atoms with van der Waals surface area (Å²) < 4.78 is 0. The van der Waals surface area contributed by atoms with Crippen LogP contribution in [0.1, 0.15) is 13.3 Å². The van der Waals surface area contributed by atoms with Crippen molar-refractivity contribution in [2.75, 3.05) is 6.61 Å². The van der Waals surface area contributed by atoms with E-state index in [9.17, 15) is 4.79 Å². The fourth-order valence-electron chi connectivity index (χ4n) is 1.56. The number of nitrogens with one attached hydrogen (secondary N) is 1. The van der Waals surface area contributed by atoms with Gasteiger partial charge in [-0.15, -0.1) is 0 Å². The molecule has 2 N–H and O–H groups in total. The van der Waals surface area contributed by atoms with Crippen LogP contribution in [-0.4, -0.2) is 23.7 Å². The number of hydrogen-bond acceptors (Lipinski definition) is 2. The second-order valence-corrected chi connectivity index (χ2v) is 3.43. The maximum Gasteiger partial charge on any atom is 0.234 e. The summed E-state index contributed by atoms with van der Waals surface area (Å²) in [6.07, 6.45) is 2.79. The summed E-state index contributed by atoms with van der Waals surface area (Å²) in [6, 6.07) is -0.0516. The van der Waals surface area contributed by atoms with E-state index >= 15 is 0 Å². The van der Waals surface area contributed by atoms with Gasteiger partial charge >= 0.3 is 0 Å². The van der Waals surface area contributed by atoms with Gasteiger partial charge in [0, 0.05) is 0 Å². The third kappa shape index (κ3) is 0.807. The topological polar surface area (TPSA) is 49.3 Å². The number of rotatable bonds is 1. The molecule has 2 aliphatic rings. The number of aliphatic hydroxyl groups is 1. The first-order valence-corrected chi connectivity index (χ1v) is 3.81. The molecule has 3 nitrogen and oxygen atoms in total. The second kappa shape index (κ2) is 1.85. The zero-order valence-electron chi connectivity index (χ0n) is 6.42. The van der Waals surface area contributed by atoms with E-state index in [0.29, 0.717) is 0 Å². The molecule has 60 valence electrons. The Labute approximate surface area is 65.1 Å². The van der Waals surface area contributed by atoms with E-state index < -0.39 is 0 Å². The first-order valence-electron chi connectivity index (χ1n) is 3.81. The predicted molar refractivity (Wildman–Crippen MR) is 39.8 cm³/mol. The van der Waals surface area contributed by atoms with Crippen LogP contribution in [0.4, 0.5) is 0 Å². The molecule has 1 unspecified atom stereocenters. The molecule has 0 radical (unpaired) electrons. The summed E-state index contributed by atoms with van der Waals surface area (Å²) in [6.45, 7) is 1.95. The zero-order chi connectivity index (χ0) is 8.06. The Balaban J connectivity index is 2.11. The van der Waals surface area contributed by atoms with Gasteiger partial charge in [0.15, 0.2) is 0 Å². The fraction of sp³-hybridized carbons (Fsp3) is 0.625. The van der Waals surface area contributed by atoms with Crippen molar-refractivity contribution in [1.29, 1.82) is 0 Å². The van der Waals surface area contributed by atoms with Gasteiger partial charge in [-0.2, -0.15) is 0 Å². The number of hydrogen-bond donors (Lipinski definition) is 2. The van der Waals surface area contributed by atoms with Crippen LogP contribution in [0.5, 0.6) is 0 Å². The van der Waals surface area contributed by atoms with Crippen molar-refractivity contribution in [3.63, 3.8) is 0 Å². The fourth-order valence-corrected chi connectivity index (χ4v) is 1.56. The van der Waals surface area contributed by atoms with Crippen LogP contribution in [0.25, 0.3) is 0 Å². The molecular weight excluding hydrogens is 142 g/mol. The summed E-state index contributed by atoms with van der Waals surface area (Å²) in [5.74, 6) is 0.0396. The Morgan fingerprint density at radius 1 is 1.91 bits per heavy atom. The largest absolute Gasteiger partial charge is 0.394 e. The van der Waals surface area contributed by atoms with E-state index in [1.165, 1.54) is 5.57 Å². The maximum absolute atomic E-state index is 11.3. The third-order valence-electron chi connectivity index (χ3n) is 2.54. The van der Waals surface area contributed by atoms with E-state index in [0.717, 1.165) is 6.42 Å². The summed E-state index contributed by atoms with van der Waals surface area (Å²) in [4.78, 5) is 11.3. The number of fused-ring (bicyclic) bond motifs is 1. The Hall–Kier alpha value is -0.830. The molecule has 2 atom stereocenters. The minimum absolute atomic E-state index is 0.0396. The second-order valence-electron chi connectivity index (χ2n) is 3.43. The molecule has 0 aromatic heterocycles. The maximum atomic E-state index is 11.3. The molecule has 3 heteroatoms. The molecule has 1 aliphatic carbocycles. The number of carbonyl (C=O) groups is 1. The van der Waals surface area contributed by atoms with Crippen molar-refractivity contribution in [2.24, 2.45) is 5.41 Å². The highest BCUT2D eigenvalue weighted by Crippen LogP contribution is 2.48. The van der Waals surface area contributed by atoms with Crippen LogP contribution in [-0.2, 0) is 4.79 Å². The number of aliphatic hydroxyl groups excluding tert-OH is 1. The molecule has 0 aromatic rings. The summed E-state index contributed by atoms with van der Waals surface area (Å²) in [5, 5.41) is 11.5. The lowest BCUT2D eigenvalue weighted by molar-refractivity contribution is -0.127. The van der Waals surface area contributed by atoms with Gasteiger partial charge in [-0.25, -0.2) is 0 Å². The first kappa shape index (κ1) is 6.85. The number of carbonyl (C=O) groups excluding carboxylic acids is 1. The highest BCUT2D eigenvalue weighted by molar-refractivity contribution is 5.94. The van der Waals surface area contributed by atoms with E-state index in [1.54, 1.807) is 0 Å². The third-order valence-corrected chi connectivity index (χ3v) is 2.54. The Morgan fingerprint density at radius 3 is 3.18 bits per heavy atom. The molecule has 0 aromatic carbocycles. The van der Waals surface area contributed by atoms with Gasteiger partial charge in [-0.3, -0.25) is 4.79 Å². The van der Waals surface area contributed by atoms with Gasteiger partial charge in [0.1, 0.15) is 0 Å². The van der Waals surface area contributed by atoms with Crippen molar-refractivity contribution >= 4 is 5.91 Å². The summed E-state index contributed by atoms with van der Waals surface area (Å²) in [5.41, 5.74) is 0.895. The van der Waals surface area contributed by atoms with E-state index in [2.05, 4.69) is 5.32 Å². The molecule has 0 bridgehead atoms. The molecule has 1 aliphatic heterocycles. The molecule has 1 saturated heterocycles. The Kier molecular flexibility index (Phi) is 1.16. The van der Waals surface area contributed by atoms with Gasteiger partial charge in [-0.05, 0) is 13.3 Å². The summed E-state index contributed by atoms with van der Waals surface area (Å²) >= 11 is 0. The van der Waals surface area contributed by atoms with Crippen molar-refractivity contribution < 1.29 is 9.90 Å². The lowest BCUT2D eigenvalue weighted by atomic mass is 9.93. The molecule has 0 spiro atoms. The number of amides is 1. The monoisotopic (exact) mass is 153 g/mol. The summed E-state index contributed by atoms with van der Waals surface area (Å²) in [7, 11) is 0. The predicted octanol–water partition coefficient (Wildman–Crippen LogP) is -0.186. The standard InChI is InChI=1S/C8H11NO2/c1-8-3-5(8)2-6(4-10)9-7(8)11/h3,6,10H,2,4H2,1H3,(H,9,11)/t6-,8?/m0/s1. The zero-order valence-corrected chi connectivity index (χ0v) is 6.42. The number of piperidine rings is 1. The van der Waals surface area contributed by atoms with E-state index in [1.807, 2.05) is 13.0 Å². The molecule has 0 saturated carbocycles. The Morgan fingerprint density at radius 2 is 2.64 bits per heavy atom. The van der Waals surface area contributed by atoms with Crippen LogP contribution in [0.2, 0.25) is 0 Å². The lowest BCUT2D eigenvalue weighted by Gasteiger charge is -2.25. The Bertz CT molecular complexity index is 246. The highest BCUT2D eigenvalue weighted by atomic mass is 16.3. The van der Waals surface area contributed by atoms with Gasteiger partial charge in [0.25, 0.3) is 0 Å². The van der Waals surface area contributed by atoms with E-state index in [4.69, 9.17) is 5.11 Å². The molecule has 1 fully saturated rings. The van der Waals surface area contributed by atoms with Crippen molar-refractivity contribution in [3.05, 3.63) is 11.6 Å². The van der Waals surface area contributed by atoms with Crippen LogP contribution >= 0.6 is 0 Å². The average Bonchev–Trinajstić information content (AvgIpc) is 2.62. The van der Waals surface area contributed by atoms with E-state index in [-0.39, 0.29) is 24.0 Å². The van der Waals surface area contributed by atoms with Gasteiger partial charge < -0.3 is 10.4 Å². The van der Waals surface area contributed by atoms with Crippen LogP contribution in [0.15, 0.2) is 11.6 Å². The minimum Gasteiger partial charge on any atom is -0.394 e. The average molecular weight is 153 g/mol. The molecule has 1 heterocycles. The van der Waals surface area contributed by atoms with Gasteiger partial charge in [0.05, 0.1) is 18.1 Å². The SMILES string of the molecule is CC12C=C1C[C@@H](CO)NC2=O. The van der Waals surface area contributed by atoms with Crippen LogP contribution in [0.3, 0.4) is 0 Å². The first-order chi connectivity index (χ1) is 5.16. The quantitative estimate of drug-likeness (QED) is 0.513.